The molecule has 1 aliphatic heterocycles. The lowest BCUT2D eigenvalue weighted by Gasteiger charge is -1.96. The van der Waals surface area contributed by atoms with Gasteiger partial charge in [0.25, 0.3) is 5.71 Å². The summed E-state index contributed by atoms with van der Waals surface area (Å²) in [6.07, 6.45) is 7.39. The van der Waals surface area contributed by atoms with Crippen LogP contribution in [0.1, 0.15) is 13.3 Å². The molecule has 0 unspecified atom stereocenters. The molecule has 12 heavy (non-hydrogen) atoms. The van der Waals surface area contributed by atoms with Crippen molar-refractivity contribution >= 4 is 11.7 Å². The van der Waals surface area contributed by atoms with Gasteiger partial charge < -0.3 is 4.74 Å². The van der Waals surface area contributed by atoms with E-state index in [2.05, 4.69) is 4.99 Å². The lowest BCUT2D eigenvalue weighted by Crippen LogP contribution is -2.13. The third-order valence-corrected chi connectivity index (χ3v) is 1.36. The predicted molar refractivity (Wildman–Crippen MR) is 46.7 cm³/mol. The highest BCUT2D eigenvalue weighted by molar-refractivity contribution is 6.05. The van der Waals surface area contributed by atoms with Crippen molar-refractivity contribution in [2.75, 3.05) is 6.61 Å². The van der Waals surface area contributed by atoms with Crippen LogP contribution in [0, 0.1) is 0 Å². The molecule has 3 heteroatoms. The smallest absolute Gasteiger partial charge is 0.316 e. The summed E-state index contributed by atoms with van der Waals surface area (Å²) in [7, 11) is 0. The lowest BCUT2D eigenvalue weighted by atomic mass is 10.2. The number of esters is 1. The number of nitrogens with zero attached hydrogens (tertiary/aromatic N) is 1. The van der Waals surface area contributed by atoms with Gasteiger partial charge in [0, 0.05) is 12.2 Å². The zero-order valence-electron chi connectivity index (χ0n) is 6.99. The van der Waals surface area contributed by atoms with Gasteiger partial charge in [-0.25, -0.2) is 0 Å². The van der Waals surface area contributed by atoms with E-state index in [0.717, 1.165) is 5.71 Å². The Labute approximate surface area is 71.4 Å². The third kappa shape index (κ3) is 2.70. The molecule has 63 valence electrons. The normalized spacial score (nSPS) is 14.2. The van der Waals surface area contributed by atoms with Crippen LogP contribution in [0.3, 0.4) is 0 Å². The van der Waals surface area contributed by atoms with Crippen molar-refractivity contribution in [1.29, 1.82) is 0 Å². The van der Waals surface area contributed by atoms with Gasteiger partial charge in [0.05, 0.1) is 11.6 Å². The molecule has 3 nitrogen and oxygen atoms in total. The number of carbonyl (C=O) groups is 1. The highest BCUT2D eigenvalue weighted by atomic mass is 16.5. The molecular weight excluding hydrogens is 154 g/mol. The largest absolute Gasteiger partial charge is 0.466 e. The Morgan fingerprint density at radius 3 is 3.00 bits per heavy atom. The summed E-state index contributed by atoms with van der Waals surface area (Å²) in [5, 5.41) is 0. The van der Waals surface area contributed by atoms with Crippen LogP contribution in [0.25, 0.3) is 0 Å². The van der Waals surface area contributed by atoms with E-state index in [1.54, 1.807) is 19.2 Å². The highest BCUT2D eigenvalue weighted by Crippen LogP contribution is 1.94. The van der Waals surface area contributed by atoms with Crippen molar-refractivity contribution < 1.29 is 9.53 Å². The quantitative estimate of drug-likeness (QED) is 0.580. The molecule has 0 N–H and O–H groups in total. The minimum atomic E-state index is -0.226. The molecule has 1 radical (unpaired) electrons. The van der Waals surface area contributed by atoms with E-state index in [9.17, 15) is 4.79 Å². The second-order valence-corrected chi connectivity index (χ2v) is 2.30. The molecule has 0 atom stereocenters. The van der Waals surface area contributed by atoms with Gasteiger partial charge in [-0.1, -0.05) is 0 Å². The number of hydrogen-bond donors (Lipinski definition) is 0. The van der Waals surface area contributed by atoms with E-state index in [-0.39, 0.29) is 12.4 Å². The minimum Gasteiger partial charge on any atom is -0.466 e. The van der Waals surface area contributed by atoms with E-state index in [0.29, 0.717) is 6.61 Å². The van der Waals surface area contributed by atoms with Gasteiger partial charge >= 0.3 is 5.97 Å². The standard InChI is InChI=1S/C9H11NO2/c1-2-12-9(11)7-8-5-3-4-6-10-8/h3-6H,2,7H2,1H3/q+1. The van der Waals surface area contributed by atoms with Crippen LogP contribution in [-0.4, -0.2) is 18.3 Å². The van der Waals surface area contributed by atoms with Crippen LogP contribution in [0.4, 0.5) is 0 Å². The van der Waals surface area contributed by atoms with Crippen LogP contribution in [0.15, 0.2) is 24.4 Å². The lowest BCUT2D eigenvalue weighted by molar-refractivity contribution is -0.141. The molecule has 0 fully saturated rings. The summed E-state index contributed by atoms with van der Waals surface area (Å²) in [6.45, 7) is 2.21. The Morgan fingerprint density at radius 2 is 2.42 bits per heavy atom. The van der Waals surface area contributed by atoms with E-state index >= 15 is 0 Å². The van der Waals surface area contributed by atoms with E-state index in [4.69, 9.17) is 4.74 Å². The first-order valence-electron chi connectivity index (χ1n) is 3.88. The van der Waals surface area contributed by atoms with Gasteiger partial charge in [-0.05, 0) is 13.0 Å². The van der Waals surface area contributed by atoms with Crippen molar-refractivity contribution in [3.8, 4) is 0 Å². The fraction of sp³-hybridized carbons (Fsp3) is 0.333. The second-order valence-electron chi connectivity index (χ2n) is 2.30. The molecule has 1 rings (SSSR count). The molecule has 0 amide bonds. The summed E-state index contributed by atoms with van der Waals surface area (Å²) < 4.78 is 4.77. The zero-order chi connectivity index (χ0) is 8.81. The summed E-state index contributed by atoms with van der Waals surface area (Å²) in [6, 6.07) is 0. The number of ether oxygens (including phenoxy) is 1. The Hall–Kier alpha value is -1.38. The van der Waals surface area contributed by atoms with Crippen LogP contribution in [0.2, 0.25) is 0 Å². The van der Waals surface area contributed by atoms with Crippen LogP contribution >= 0.6 is 0 Å². The molecule has 0 aliphatic carbocycles. The summed E-state index contributed by atoms with van der Waals surface area (Å²) in [5.41, 5.74) is 0.746. The highest BCUT2D eigenvalue weighted by Gasteiger charge is 2.14. The van der Waals surface area contributed by atoms with Gasteiger partial charge in [0.2, 0.25) is 6.20 Å². The van der Waals surface area contributed by atoms with Crippen LogP contribution in [0.5, 0.6) is 0 Å². The Bertz CT molecular complexity index is 251. The molecule has 0 saturated heterocycles. The fourth-order valence-corrected chi connectivity index (χ4v) is 0.863. The fourth-order valence-electron chi connectivity index (χ4n) is 0.863. The van der Waals surface area contributed by atoms with E-state index in [1.807, 2.05) is 12.2 Å². The maximum Gasteiger partial charge on any atom is 0.316 e. The number of aliphatic imine (C=N–C) groups is 1. The summed E-state index contributed by atoms with van der Waals surface area (Å²) >= 11 is 0. The molecule has 1 heterocycles. The van der Waals surface area contributed by atoms with Crippen molar-refractivity contribution in [2.45, 2.75) is 13.3 Å². The third-order valence-electron chi connectivity index (χ3n) is 1.36. The Balaban J connectivity index is 2.41. The van der Waals surface area contributed by atoms with Gasteiger partial charge in [-0.15, -0.1) is 0 Å². The molecule has 0 aromatic carbocycles. The molecule has 0 saturated carbocycles. The van der Waals surface area contributed by atoms with Gasteiger partial charge in [0.1, 0.15) is 6.42 Å². The van der Waals surface area contributed by atoms with Gasteiger partial charge in [0.15, 0.2) is 0 Å². The summed E-state index contributed by atoms with van der Waals surface area (Å²) in [5.74, 6) is -0.226. The molecule has 0 bridgehead atoms. The molecule has 0 aromatic heterocycles. The van der Waals surface area contributed by atoms with Crippen LogP contribution < -0.4 is 4.99 Å². The van der Waals surface area contributed by atoms with Gasteiger partial charge in [-0.3, -0.25) is 4.79 Å². The number of hydrogen-bond acceptors (Lipinski definition) is 3. The first-order valence-corrected chi connectivity index (χ1v) is 3.88. The number of allylic oxidation sites excluding steroid dienone is 3. The van der Waals surface area contributed by atoms with Crippen molar-refractivity contribution in [1.82, 2.24) is 4.99 Å². The van der Waals surface area contributed by atoms with Crippen molar-refractivity contribution in [3.63, 3.8) is 0 Å². The molecule has 1 aliphatic rings. The van der Waals surface area contributed by atoms with E-state index < -0.39 is 0 Å². The molecule has 0 aromatic rings. The molecule has 0 spiro atoms. The second kappa shape index (κ2) is 4.49. The maximum absolute atomic E-state index is 11.0. The Morgan fingerprint density at radius 1 is 1.58 bits per heavy atom. The average molecular weight is 165 g/mol. The number of carbonyl (C=O) groups excluding carboxylic acids is 1. The maximum atomic E-state index is 11.0. The number of rotatable bonds is 3. The first-order chi connectivity index (χ1) is 5.83. The van der Waals surface area contributed by atoms with Crippen LogP contribution in [-0.2, 0) is 9.53 Å². The average Bonchev–Trinajstić information content (AvgIpc) is 2.06. The Kier molecular flexibility index (Phi) is 3.26. The first kappa shape index (κ1) is 8.71. The molecular formula is C9H11NO2+. The van der Waals surface area contributed by atoms with Gasteiger partial charge in [-0.2, -0.15) is 0 Å². The summed E-state index contributed by atoms with van der Waals surface area (Å²) in [4.78, 5) is 15.0. The topological polar surface area (TPSA) is 40.4 Å². The van der Waals surface area contributed by atoms with Crippen molar-refractivity contribution in [3.05, 3.63) is 24.4 Å². The SMILES string of the molecule is CCOC(=O)CC1=[N+]C=CC=C1. The monoisotopic (exact) mass is 165 g/mol. The predicted octanol–water partition coefficient (Wildman–Crippen LogP) is 0.800. The zero-order valence-corrected chi connectivity index (χ0v) is 6.99. The van der Waals surface area contributed by atoms with E-state index in [1.165, 1.54) is 0 Å². The van der Waals surface area contributed by atoms with Crippen molar-refractivity contribution in [2.24, 2.45) is 0 Å². The minimum absolute atomic E-state index is 0.226.